The molecule has 2 aliphatic rings. The second kappa shape index (κ2) is 6.91. The minimum atomic E-state index is 0.789. The number of nitrogens with zero attached hydrogens (tertiary/aromatic N) is 1. The normalized spacial score (nSPS) is 34.3. The van der Waals surface area contributed by atoms with Crippen LogP contribution in [0.4, 0.5) is 0 Å². The van der Waals surface area contributed by atoms with Gasteiger partial charge in [-0.1, -0.05) is 33.6 Å². The van der Waals surface area contributed by atoms with Crippen LogP contribution in [0.5, 0.6) is 0 Å². The van der Waals surface area contributed by atoms with Gasteiger partial charge in [-0.2, -0.15) is 0 Å². The van der Waals surface area contributed by atoms with Crippen molar-refractivity contribution in [1.29, 1.82) is 0 Å². The van der Waals surface area contributed by atoms with Crippen molar-refractivity contribution in [3.8, 4) is 0 Å². The van der Waals surface area contributed by atoms with Gasteiger partial charge in [0.15, 0.2) is 0 Å². The van der Waals surface area contributed by atoms with Crippen molar-refractivity contribution < 1.29 is 0 Å². The molecule has 3 atom stereocenters. The average molecular weight is 252 g/mol. The van der Waals surface area contributed by atoms with Crippen molar-refractivity contribution in [1.82, 2.24) is 10.2 Å². The van der Waals surface area contributed by atoms with E-state index in [1.165, 1.54) is 51.6 Å². The SMILES string of the molecule is CCNC1CCCCC1CN1CCCC1C(C)C. The Labute approximate surface area is 114 Å². The molecule has 0 amide bonds. The van der Waals surface area contributed by atoms with Crippen LogP contribution in [0.1, 0.15) is 59.3 Å². The molecule has 1 aliphatic heterocycles. The minimum Gasteiger partial charge on any atom is -0.314 e. The summed E-state index contributed by atoms with van der Waals surface area (Å²) in [6.07, 6.45) is 8.57. The maximum absolute atomic E-state index is 3.73. The van der Waals surface area contributed by atoms with E-state index in [0.717, 1.165) is 30.5 Å². The standard InChI is InChI=1S/C16H32N2/c1-4-17-15-9-6-5-8-14(15)12-18-11-7-10-16(18)13(2)3/h13-17H,4-12H2,1-3H3. The summed E-state index contributed by atoms with van der Waals surface area (Å²) in [4.78, 5) is 2.80. The Morgan fingerprint density at radius 3 is 2.61 bits per heavy atom. The molecule has 1 aliphatic carbocycles. The Kier molecular flexibility index (Phi) is 5.50. The molecule has 3 unspecified atom stereocenters. The molecule has 0 spiro atoms. The molecular formula is C16H32N2. The Hall–Kier alpha value is -0.0800. The number of hydrogen-bond donors (Lipinski definition) is 1. The fourth-order valence-electron chi connectivity index (χ4n) is 4.09. The maximum atomic E-state index is 3.73. The maximum Gasteiger partial charge on any atom is 0.0119 e. The summed E-state index contributed by atoms with van der Waals surface area (Å²) in [5.41, 5.74) is 0. The van der Waals surface area contributed by atoms with E-state index in [4.69, 9.17) is 0 Å². The molecular weight excluding hydrogens is 220 g/mol. The van der Waals surface area contributed by atoms with Crippen molar-refractivity contribution in [3.63, 3.8) is 0 Å². The van der Waals surface area contributed by atoms with Gasteiger partial charge in [0.1, 0.15) is 0 Å². The van der Waals surface area contributed by atoms with Crippen molar-refractivity contribution >= 4 is 0 Å². The fourth-order valence-corrected chi connectivity index (χ4v) is 4.09. The summed E-state index contributed by atoms with van der Waals surface area (Å²) >= 11 is 0. The van der Waals surface area contributed by atoms with Gasteiger partial charge in [-0.25, -0.2) is 0 Å². The van der Waals surface area contributed by atoms with Crippen LogP contribution in [0.3, 0.4) is 0 Å². The van der Waals surface area contributed by atoms with Crippen LogP contribution < -0.4 is 5.32 Å². The van der Waals surface area contributed by atoms with Crippen LogP contribution in [-0.4, -0.2) is 36.6 Å². The van der Waals surface area contributed by atoms with Gasteiger partial charge in [-0.3, -0.25) is 4.90 Å². The number of rotatable bonds is 5. The van der Waals surface area contributed by atoms with Crippen LogP contribution >= 0.6 is 0 Å². The van der Waals surface area contributed by atoms with Crippen molar-refractivity contribution in [2.45, 2.75) is 71.4 Å². The number of nitrogens with one attached hydrogen (secondary N) is 1. The van der Waals surface area contributed by atoms with E-state index < -0.39 is 0 Å². The predicted octanol–water partition coefficient (Wildman–Crippen LogP) is 3.28. The second-order valence-corrected chi connectivity index (χ2v) is 6.66. The lowest BCUT2D eigenvalue weighted by atomic mass is 9.83. The topological polar surface area (TPSA) is 15.3 Å². The zero-order chi connectivity index (χ0) is 13.0. The fraction of sp³-hybridized carbons (Fsp3) is 1.00. The molecule has 1 heterocycles. The van der Waals surface area contributed by atoms with E-state index in [2.05, 4.69) is 31.0 Å². The molecule has 0 aromatic heterocycles. The summed E-state index contributed by atoms with van der Waals surface area (Å²) in [7, 11) is 0. The third-order valence-corrected chi connectivity index (χ3v) is 5.03. The Morgan fingerprint density at radius 2 is 1.89 bits per heavy atom. The lowest BCUT2D eigenvalue weighted by Gasteiger charge is -2.37. The summed E-state index contributed by atoms with van der Waals surface area (Å²) in [5, 5.41) is 3.73. The molecule has 2 fully saturated rings. The van der Waals surface area contributed by atoms with Gasteiger partial charge in [0.05, 0.1) is 0 Å². The Bertz CT molecular complexity index is 237. The molecule has 1 N–H and O–H groups in total. The largest absolute Gasteiger partial charge is 0.314 e. The Balaban J connectivity index is 1.89. The molecule has 1 saturated heterocycles. The molecule has 2 nitrogen and oxygen atoms in total. The van der Waals surface area contributed by atoms with Gasteiger partial charge < -0.3 is 5.32 Å². The summed E-state index contributed by atoms with van der Waals surface area (Å²) in [5.74, 6) is 1.73. The number of likely N-dealkylation sites (tertiary alicyclic amines) is 1. The summed E-state index contributed by atoms with van der Waals surface area (Å²) in [6.45, 7) is 10.9. The number of hydrogen-bond acceptors (Lipinski definition) is 2. The van der Waals surface area contributed by atoms with Crippen molar-refractivity contribution in [2.75, 3.05) is 19.6 Å². The molecule has 0 aromatic carbocycles. The van der Waals surface area contributed by atoms with Crippen molar-refractivity contribution in [2.24, 2.45) is 11.8 Å². The van der Waals surface area contributed by atoms with Gasteiger partial charge in [0.25, 0.3) is 0 Å². The van der Waals surface area contributed by atoms with Gasteiger partial charge >= 0.3 is 0 Å². The lowest BCUT2D eigenvalue weighted by molar-refractivity contribution is 0.138. The van der Waals surface area contributed by atoms with E-state index in [-0.39, 0.29) is 0 Å². The highest BCUT2D eigenvalue weighted by molar-refractivity contribution is 4.88. The smallest absolute Gasteiger partial charge is 0.0119 e. The lowest BCUT2D eigenvalue weighted by Crippen LogP contribution is -2.46. The van der Waals surface area contributed by atoms with E-state index >= 15 is 0 Å². The second-order valence-electron chi connectivity index (χ2n) is 6.66. The first kappa shape index (κ1) is 14.3. The Morgan fingerprint density at radius 1 is 1.11 bits per heavy atom. The van der Waals surface area contributed by atoms with Gasteiger partial charge in [-0.05, 0) is 50.6 Å². The van der Waals surface area contributed by atoms with Crippen LogP contribution in [0.2, 0.25) is 0 Å². The zero-order valence-corrected chi connectivity index (χ0v) is 12.6. The first-order chi connectivity index (χ1) is 8.72. The summed E-state index contributed by atoms with van der Waals surface area (Å²) in [6, 6.07) is 1.64. The molecule has 0 aromatic rings. The minimum absolute atomic E-state index is 0.789. The van der Waals surface area contributed by atoms with Crippen LogP contribution in [-0.2, 0) is 0 Å². The molecule has 18 heavy (non-hydrogen) atoms. The molecule has 0 radical (unpaired) electrons. The van der Waals surface area contributed by atoms with E-state index in [0.29, 0.717) is 0 Å². The highest BCUT2D eigenvalue weighted by atomic mass is 15.2. The highest BCUT2D eigenvalue weighted by Crippen LogP contribution is 2.30. The third kappa shape index (κ3) is 3.48. The summed E-state index contributed by atoms with van der Waals surface area (Å²) < 4.78 is 0. The van der Waals surface area contributed by atoms with Crippen LogP contribution in [0.25, 0.3) is 0 Å². The van der Waals surface area contributed by atoms with Crippen molar-refractivity contribution in [3.05, 3.63) is 0 Å². The molecule has 106 valence electrons. The van der Waals surface area contributed by atoms with E-state index in [1.807, 2.05) is 0 Å². The average Bonchev–Trinajstić information content (AvgIpc) is 2.80. The van der Waals surface area contributed by atoms with Gasteiger partial charge in [-0.15, -0.1) is 0 Å². The molecule has 0 bridgehead atoms. The van der Waals surface area contributed by atoms with E-state index in [1.54, 1.807) is 0 Å². The van der Waals surface area contributed by atoms with Crippen LogP contribution in [0.15, 0.2) is 0 Å². The molecule has 1 saturated carbocycles. The monoisotopic (exact) mass is 252 g/mol. The van der Waals surface area contributed by atoms with Gasteiger partial charge in [0.2, 0.25) is 0 Å². The van der Waals surface area contributed by atoms with Crippen LogP contribution in [0, 0.1) is 11.8 Å². The third-order valence-electron chi connectivity index (χ3n) is 5.03. The molecule has 2 rings (SSSR count). The molecule has 2 heteroatoms. The van der Waals surface area contributed by atoms with E-state index in [9.17, 15) is 0 Å². The van der Waals surface area contributed by atoms with Gasteiger partial charge in [0, 0.05) is 18.6 Å². The quantitative estimate of drug-likeness (QED) is 0.808. The first-order valence-corrected chi connectivity index (χ1v) is 8.19. The zero-order valence-electron chi connectivity index (χ0n) is 12.6. The predicted molar refractivity (Wildman–Crippen MR) is 78.9 cm³/mol. The highest BCUT2D eigenvalue weighted by Gasteiger charge is 2.32. The first-order valence-electron chi connectivity index (χ1n) is 8.19.